The number of carbonyl (C=O) groups excluding carboxylic acids is 1. The summed E-state index contributed by atoms with van der Waals surface area (Å²) in [6, 6.07) is 8.81. The van der Waals surface area contributed by atoms with Gasteiger partial charge >= 0.3 is 6.18 Å². The van der Waals surface area contributed by atoms with Crippen LogP contribution < -0.4 is 0 Å². The highest BCUT2D eigenvalue weighted by atomic mass is 35.5. The van der Waals surface area contributed by atoms with Crippen LogP contribution in [0.25, 0.3) is 0 Å². The summed E-state index contributed by atoms with van der Waals surface area (Å²) in [4.78, 5) is 13.6. The lowest BCUT2D eigenvalue weighted by Gasteiger charge is -2.34. The summed E-state index contributed by atoms with van der Waals surface area (Å²) in [5.41, 5.74) is -1.49. The topological polar surface area (TPSA) is 57.7 Å². The van der Waals surface area contributed by atoms with Crippen molar-refractivity contribution in [1.82, 2.24) is 9.21 Å². The lowest BCUT2D eigenvalue weighted by Crippen LogP contribution is -2.50. The first-order valence-corrected chi connectivity index (χ1v) is 10.6. The van der Waals surface area contributed by atoms with E-state index in [9.17, 15) is 26.4 Å². The van der Waals surface area contributed by atoms with E-state index in [0.717, 1.165) is 16.4 Å². The van der Waals surface area contributed by atoms with Crippen molar-refractivity contribution in [2.45, 2.75) is 11.1 Å². The fourth-order valence-electron chi connectivity index (χ4n) is 3.08. The van der Waals surface area contributed by atoms with Gasteiger partial charge in [0.1, 0.15) is 4.90 Å². The van der Waals surface area contributed by atoms with Crippen molar-refractivity contribution in [3.05, 3.63) is 63.6 Å². The van der Waals surface area contributed by atoms with E-state index in [4.69, 9.17) is 23.2 Å². The van der Waals surface area contributed by atoms with E-state index in [1.165, 1.54) is 35.2 Å². The smallest absolute Gasteiger partial charge is 0.336 e. The summed E-state index contributed by atoms with van der Waals surface area (Å²) < 4.78 is 66.4. The molecular formula is C18H15Cl2F3N2O3S. The molecule has 0 spiro atoms. The maximum atomic E-state index is 13.2. The summed E-state index contributed by atoms with van der Waals surface area (Å²) in [6.45, 7) is -0.313. The standard InChI is InChI=1S/C18H15Cl2F3N2O3S/c19-14-6-3-7-15(20)16(14)29(27,28)25-10-8-24(9-11-25)17(26)12-4-1-2-5-13(12)18(21,22)23/h1-7H,8-11H2. The summed E-state index contributed by atoms with van der Waals surface area (Å²) in [7, 11) is -4.02. The molecule has 1 amide bonds. The number of alkyl halides is 3. The molecule has 0 aliphatic carbocycles. The molecule has 1 aliphatic rings. The molecule has 1 aliphatic heterocycles. The molecule has 2 aromatic rings. The van der Waals surface area contributed by atoms with E-state index in [0.29, 0.717) is 0 Å². The van der Waals surface area contributed by atoms with Gasteiger partial charge in [0.2, 0.25) is 10.0 Å². The molecule has 156 valence electrons. The monoisotopic (exact) mass is 466 g/mol. The highest BCUT2D eigenvalue weighted by molar-refractivity contribution is 7.89. The van der Waals surface area contributed by atoms with E-state index in [1.807, 2.05) is 0 Å². The molecule has 1 heterocycles. The zero-order valence-corrected chi connectivity index (χ0v) is 17.1. The molecule has 3 rings (SSSR count). The van der Waals surface area contributed by atoms with Crippen molar-refractivity contribution in [2.75, 3.05) is 26.2 Å². The van der Waals surface area contributed by atoms with Crippen molar-refractivity contribution >= 4 is 39.1 Å². The van der Waals surface area contributed by atoms with Crippen molar-refractivity contribution < 1.29 is 26.4 Å². The van der Waals surface area contributed by atoms with Crippen molar-refractivity contribution in [3.8, 4) is 0 Å². The molecule has 11 heteroatoms. The van der Waals surface area contributed by atoms with E-state index in [1.54, 1.807) is 0 Å². The molecule has 0 bridgehead atoms. The van der Waals surface area contributed by atoms with E-state index in [2.05, 4.69) is 0 Å². The molecule has 0 aromatic heterocycles. The molecule has 0 atom stereocenters. The number of piperazine rings is 1. The van der Waals surface area contributed by atoms with Crippen molar-refractivity contribution in [1.29, 1.82) is 0 Å². The summed E-state index contributed by atoms with van der Waals surface area (Å²) >= 11 is 12.0. The molecule has 29 heavy (non-hydrogen) atoms. The van der Waals surface area contributed by atoms with Crippen LogP contribution in [-0.4, -0.2) is 49.7 Å². The first kappa shape index (κ1) is 21.9. The fraction of sp³-hybridized carbons (Fsp3) is 0.278. The van der Waals surface area contributed by atoms with E-state index >= 15 is 0 Å². The number of halogens is 5. The third-order valence-corrected chi connectivity index (χ3v) is 7.36. The van der Waals surface area contributed by atoms with Gasteiger partial charge in [-0.25, -0.2) is 8.42 Å². The van der Waals surface area contributed by atoms with Gasteiger partial charge in [0.25, 0.3) is 5.91 Å². The SMILES string of the molecule is O=C(c1ccccc1C(F)(F)F)N1CCN(S(=O)(=O)c2c(Cl)cccc2Cl)CC1. The molecule has 2 aromatic carbocycles. The predicted molar refractivity (Wildman–Crippen MR) is 103 cm³/mol. The number of benzene rings is 2. The van der Waals surface area contributed by atoms with Crippen LogP contribution in [0.1, 0.15) is 15.9 Å². The number of carbonyl (C=O) groups is 1. The number of rotatable bonds is 3. The number of hydrogen-bond acceptors (Lipinski definition) is 3. The van der Waals surface area contributed by atoms with Gasteiger partial charge in [0, 0.05) is 26.2 Å². The third kappa shape index (κ3) is 4.37. The molecule has 0 N–H and O–H groups in total. The fourth-order valence-corrected chi connectivity index (χ4v) is 5.59. The maximum absolute atomic E-state index is 13.2. The van der Waals surface area contributed by atoms with Gasteiger partial charge in [0.15, 0.2) is 0 Å². The third-order valence-electron chi connectivity index (χ3n) is 4.51. The van der Waals surface area contributed by atoms with Crippen molar-refractivity contribution in [3.63, 3.8) is 0 Å². The van der Waals surface area contributed by atoms with Crippen molar-refractivity contribution in [2.24, 2.45) is 0 Å². The predicted octanol–water partition coefficient (Wildman–Crippen LogP) is 4.16. The quantitative estimate of drug-likeness (QED) is 0.682. The van der Waals surface area contributed by atoms with Gasteiger partial charge in [-0.1, -0.05) is 41.4 Å². The van der Waals surface area contributed by atoms with Crippen LogP contribution in [0.15, 0.2) is 47.4 Å². The second-order valence-electron chi connectivity index (χ2n) is 6.29. The Hall–Kier alpha value is -1.81. The maximum Gasteiger partial charge on any atom is 0.417 e. The van der Waals surface area contributed by atoms with Crippen LogP contribution in [0.2, 0.25) is 10.0 Å². The number of sulfonamides is 1. The number of nitrogens with zero attached hydrogens (tertiary/aromatic N) is 2. The zero-order chi connectivity index (χ0) is 21.4. The Bertz CT molecular complexity index is 1020. The average molecular weight is 467 g/mol. The minimum absolute atomic E-state index is 0.0323. The molecule has 0 saturated carbocycles. The molecule has 5 nitrogen and oxygen atoms in total. The van der Waals surface area contributed by atoms with Crippen LogP contribution in [0, 0.1) is 0 Å². The second-order valence-corrected chi connectivity index (χ2v) is 8.98. The van der Waals surface area contributed by atoms with Gasteiger partial charge in [0.05, 0.1) is 21.2 Å². The second kappa shape index (κ2) is 8.14. The zero-order valence-electron chi connectivity index (χ0n) is 14.8. The van der Waals surface area contributed by atoms with Crippen LogP contribution in [0.5, 0.6) is 0 Å². The van der Waals surface area contributed by atoms with Crippen LogP contribution in [0.3, 0.4) is 0 Å². The summed E-state index contributed by atoms with van der Waals surface area (Å²) in [6.07, 6.45) is -4.67. The minimum atomic E-state index is -4.67. The van der Waals surface area contributed by atoms with Gasteiger partial charge in [-0.15, -0.1) is 0 Å². The Morgan fingerprint density at radius 3 is 2.00 bits per heavy atom. The normalized spacial score (nSPS) is 16.1. The Balaban J connectivity index is 1.79. The average Bonchev–Trinajstić information content (AvgIpc) is 2.66. The van der Waals surface area contributed by atoms with Gasteiger partial charge in [-0.3, -0.25) is 4.79 Å². The Labute approximate surface area is 175 Å². The molecular weight excluding hydrogens is 452 g/mol. The van der Waals surface area contributed by atoms with E-state index in [-0.39, 0.29) is 41.1 Å². The Morgan fingerprint density at radius 2 is 1.45 bits per heavy atom. The highest BCUT2D eigenvalue weighted by Gasteiger charge is 2.38. The minimum Gasteiger partial charge on any atom is -0.336 e. The Morgan fingerprint density at radius 1 is 0.897 bits per heavy atom. The lowest BCUT2D eigenvalue weighted by atomic mass is 10.1. The molecule has 0 unspecified atom stereocenters. The van der Waals surface area contributed by atoms with Gasteiger partial charge < -0.3 is 4.90 Å². The van der Waals surface area contributed by atoms with Gasteiger partial charge in [-0.2, -0.15) is 17.5 Å². The number of hydrogen-bond donors (Lipinski definition) is 0. The summed E-state index contributed by atoms with van der Waals surface area (Å²) in [5, 5.41) is -0.0646. The van der Waals surface area contributed by atoms with E-state index < -0.39 is 33.2 Å². The largest absolute Gasteiger partial charge is 0.417 e. The molecule has 1 saturated heterocycles. The van der Waals surface area contributed by atoms with Gasteiger partial charge in [-0.05, 0) is 24.3 Å². The van der Waals surface area contributed by atoms with Crippen LogP contribution in [0.4, 0.5) is 13.2 Å². The Kier molecular flexibility index (Phi) is 6.14. The van der Waals surface area contributed by atoms with Crippen LogP contribution in [-0.2, 0) is 16.2 Å². The number of amides is 1. The molecule has 0 radical (unpaired) electrons. The highest BCUT2D eigenvalue weighted by Crippen LogP contribution is 2.34. The van der Waals surface area contributed by atoms with Crippen LogP contribution >= 0.6 is 23.2 Å². The first-order valence-electron chi connectivity index (χ1n) is 8.43. The first-order chi connectivity index (χ1) is 13.5. The summed E-state index contributed by atoms with van der Waals surface area (Å²) in [5.74, 6) is -0.800. The lowest BCUT2D eigenvalue weighted by molar-refractivity contribution is -0.138. The molecule has 1 fully saturated rings.